The molecule has 2 N–H and O–H groups in total. The van der Waals surface area contributed by atoms with E-state index in [1.165, 1.54) is 0 Å². The van der Waals surface area contributed by atoms with Crippen molar-refractivity contribution < 1.29 is 14.2 Å². The van der Waals surface area contributed by atoms with E-state index in [0.29, 0.717) is 29.3 Å². The number of methoxy groups -OCH3 is 1. The summed E-state index contributed by atoms with van der Waals surface area (Å²) in [6, 6.07) is 1.73. The van der Waals surface area contributed by atoms with Crippen LogP contribution in [0.3, 0.4) is 0 Å². The predicted molar refractivity (Wildman–Crippen MR) is 79.5 cm³/mol. The number of nitrogens with zero attached hydrogens (tertiary/aromatic N) is 3. The fraction of sp³-hybridized carbons (Fsp3) is 0.500. The molecule has 2 aromatic rings. The van der Waals surface area contributed by atoms with Crippen LogP contribution in [0, 0.1) is 5.92 Å². The Morgan fingerprint density at radius 3 is 3.05 bits per heavy atom. The van der Waals surface area contributed by atoms with Gasteiger partial charge < -0.3 is 19.5 Å². The summed E-state index contributed by atoms with van der Waals surface area (Å²) in [4.78, 5) is 8.52. The molecule has 0 amide bonds. The molecule has 0 aliphatic carbocycles. The first-order chi connectivity index (χ1) is 10.7. The summed E-state index contributed by atoms with van der Waals surface area (Å²) in [6.45, 7) is 3.56. The van der Waals surface area contributed by atoms with E-state index in [4.69, 9.17) is 14.2 Å². The Kier molecular flexibility index (Phi) is 4.38. The minimum absolute atomic E-state index is 0.0394. The lowest BCUT2D eigenvalue weighted by Crippen LogP contribution is -2.24. The molecular formula is C14H19N5O3. The first kappa shape index (κ1) is 14.6. The minimum Gasteiger partial charge on any atom is -0.481 e. The normalized spacial score (nSPS) is 18.9. The minimum atomic E-state index is 0.0394. The molecule has 1 aliphatic rings. The molecule has 1 fully saturated rings. The van der Waals surface area contributed by atoms with Crippen LogP contribution in [0.5, 0.6) is 11.8 Å². The molecule has 8 heteroatoms. The van der Waals surface area contributed by atoms with E-state index in [0.717, 1.165) is 19.6 Å². The molecule has 118 valence electrons. The predicted octanol–water partition coefficient (Wildman–Crippen LogP) is 1.76. The van der Waals surface area contributed by atoms with E-state index in [2.05, 4.69) is 25.5 Å². The maximum atomic E-state index is 5.86. The number of ether oxygens (including phenoxy) is 3. The van der Waals surface area contributed by atoms with E-state index in [1.807, 2.05) is 6.92 Å². The van der Waals surface area contributed by atoms with Gasteiger partial charge >= 0.3 is 0 Å². The lowest BCUT2D eigenvalue weighted by molar-refractivity contribution is 0.119. The van der Waals surface area contributed by atoms with Crippen molar-refractivity contribution in [2.75, 3.05) is 25.6 Å². The second kappa shape index (κ2) is 6.61. The number of aromatic amines is 1. The summed E-state index contributed by atoms with van der Waals surface area (Å²) >= 11 is 0. The van der Waals surface area contributed by atoms with Crippen LogP contribution in [0.15, 0.2) is 18.5 Å². The Morgan fingerprint density at radius 2 is 2.32 bits per heavy atom. The quantitative estimate of drug-likeness (QED) is 0.839. The van der Waals surface area contributed by atoms with Gasteiger partial charge in [-0.3, -0.25) is 4.98 Å². The van der Waals surface area contributed by atoms with Crippen LogP contribution in [0.1, 0.15) is 13.3 Å². The van der Waals surface area contributed by atoms with E-state index in [9.17, 15) is 0 Å². The van der Waals surface area contributed by atoms with Gasteiger partial charge in [-0.1, -0.05) is 0 Å². The molecule has 8 nitrogen and oxygen atoms in total. The van der Waals surface area contributed by atoms with Gasteiger partial charge in [-0.15, -0.1) is 0 Å². The van der Waals surface area contributed by atoms with Crippen LogP contribution >= 0.6 is 0 Å². The molecular weight excluding hydrogens is 286 g/mol. The molecule has 0 saturated carbocycles. The lowest BCUT2D eigenvalue weighted by atomic mass is 10.0. The van der Waals surface area contributed by atoms with Crippen molar-refractivity contribution in [3.05, 3.63) is 18.5 Å². The molecule has 3 rings (SSSR count). The molecule has 3 heterocycles. The van der Waals surface area contributed by atoms with Crippen LogP contribution < -0.4 is 14.8 Å². The third kappa shape index (κ3) is 3.45. The number of H-pyrrole nitrogens is 1. The maximum Gasteiger partial charge on any atom is 0.234 e. The molecule has 2 aromatic heterocycles. The number of hydrogen-bond donors (Lipinski definition) is 2. The number of rotatable bonds is 6. The molecule has 22 heavy (non-hydrogen) atoms. The van der Waals surface area contributed by atoms with Gasteiger partial charge in [0, 0.05) is 18.6 Å². The van der Waals surface area contributed by atoms with Crippen LogP contribution in [0.25, 0.3) is 0 Å². The van der Waals surface area contributed by atoms with Gasteiger partial charge in [0.05, 0.1) is 26.1 Å². The largest absolute Gasteiger partial charge is 0.481 e. The molecule has 0 unspecified atom stereocenters. The third-order valence-electron chi connectivity index (χ3n) is 3.58. The zero-order chi connectivity index (χ0) is 15.4. The number of aromatic nitrogens is 4. The van der Waals surface area contributed by atoms with E-state index < -0.39 is 0 Å². The van der Waals surface area contributed by atoms with E-state index >= 15 is 0 Å². The zero-order valence-electron chi connectivity index (χ0n) is 12.6. The van der Waals surface area contributed by atoms with E-state index in [-0.39, 0.29) is 6.10 Å². The second-order valence-corrected chi connectivity index (χ2v) is 5.14. The lowest BCUT2D eigenvalue weighted by Gasteiger charge is -2.18. The van der Waals surface area contributed by atoms with Crippen molar-refractivity contribution in [1.29, 1.82) is 0 Å². The smallest absolute Gasteiger partial charge is 0.234 e. The van der Waals surface area contributed by atoms with Gasteiger partial charge in [0.2, 0.25) is 11.8 Å². The summed E-state index contributed by atoms with van der Waals surface area (Å²) in [6.07, 6.45) is 4.26. The van der Waals surface area contributed by atoms with Gasteiger partial charge in [-0.2, -0.15) is 10.1 Å². The van der Waals surface area contributed by atoms with Gasteiger partial charge in [-0.05, 0) is 13.3 Å². The van der Waals surface area contributed by atoms with Crippen molar-refractivity contribution >= 4 is 11.6 Å². The van der Waals surface area contributed by atoms with Crippen molar-refractivity contribution in [1.82, 2.24) is 20.2 Å². The van der Waals surface area contributed by atoms with Gasteiger partial charge in [0.25, 0.3) is 0 Å². The molecule has 0 radical (unpaired) electrons. The fourth-order valence-electron chi connectivity index (χ4n) is 2.28. The Bertz CT molecular complexity index is 612. The van der Waals surface area contributed by atoms with Crippen LogP contribution in [0.2, 0.25) is 0 Å². The summed E-state index contributed by atoms with van der Waals surface area (Å²) in [5.41, 5.74) is 0. The first-order valence-electron chi connectivity index (χ1n) is 7.17. The van der Waals surface area contributed by atoms with Crippen LogP contribution in [-0.4, -0.2) is 46.6 Å². The highest BCUT2D eigenvalue weighted by Crippen LogP contribution is 2.22. The molecule has 2 atom stereocenters. The standard InChI is InChI=1S/C14H19N5O3/c1-9(10-3-4-21-8-10)22-14-7-15-6-12(17-14)16-11-5-13(20-2)19-18-11/h5-7,9-10H,3-4,8H2,1-2H3,(H2,16,17,18,19)/t9-,10+/m0/s1. The highest BCUT2D eigenvalue weighted by atomic mass is 16.5. The summed E-state index contributed by atoms with van der Waals surface area (Å²) in [7, 11) is 1.57. The van der Waals surface area contributed by atoms with Crippen molar-refractivity contribution in [2.45, 2.75) is 19.4 Å². The van der Waals surface area contributed by atoms with E-state index in [1.54, 1.807) is 25.6 Å². The molecule has 1 saturated heterocycles. The molecule has 0 spiro atoms. The maximum absolute atomic E-state index is 5.86. The van der Waals surface area contributed by atoms with Gasteiger partial charge in [-0.25, -0.2) is 5.10 Å². The fourth-order valence-corrected chi connectivity index (χ4v) is 2.28. The highest BCUT2D eigenvalue weighted by molar-refractivity contribution is 5.51. The average molecular weight is 305 g/mol. The Labute approximate surface area is 128 Å². The number of nitrogens with one attached hydrogen (secondary N) is 2. The second-order valence-electron chi connectivity index (χ2n) is 5.14. The van der Waals surface area contributed by atoms with Gasteiger partial charge in [0.15, 0.2) is 11.6 Å². The molecule has 0 bridgehead atoms. The van der Waals surface area contributed by atoms with Crippen molar-refractivity contribution in [3.63, 3.8) is 0 Å². The Balaban J connectivity index is 1.64. The van der Waals surface area contributed by atoms with Crippen molar-refractivity contribution in [2.24, 2.45) is 5.92 Å². The summed E-state index contributed by atoms with van der Waals surface area (Å²) in [5, 5.41) is 9.82. The van der Waals surface area contributed by atoms with Crippen molar-refractivity contribution in [3.8, 4) is 11.8 Å². The average Bonchev–Trinajstić information content (AvgIpc) is 3.19. The summed E-state index contributed by atoms with van der Waals surface area (Å²) < 4.78 is 16.3. The third-order valence-corrected chi connectivity index (χ3v) is 3.58. The number of anilines is 2. The van der Waals surface area contributed by atoms with Crippen LogP contribution in [0.4, 0.5) is 11.6 Å². The molecule has 0 aromatic carbocycles. The number of hydrogen-bond acceptors (Lipinski definition) is 7. The topological polar surface area (TPSA) is 94.2 Å². The first-order valence-corrected chi connectivity index (χ1v) is 7.17. The van der Waals surface area contributed by atoms with Crippen LogP contribution in [-0.2, 0) is 4.74 Å². The molecule has 1 aliphatic heterocycles. The Hall–Kier alpha value is -2.35. The monoisotopic (exact) mass is 305 g/mol. The SMILES string of the molecule is COc1cc(Nc2cncc(O[C@@H](C)[C@@H]3CCOC3)n2)n[nH]1. The Morgan fingerprint density at radius 1 is 1.41 bits per heavy atom. The highest BCUT2D eigenvalue weighted by Gasteiger charge is 2.24. The summed E-state index contributed by atoms with van der Waals surface area (Å²) in [5.74, 6) is 2.60. The zero-order valence-corrected chi connectivity index (χ0v) is 12.6. The van der Waals surface area contributed by atoms with Gasteiger partial charge in [0.1, 0.15) is 6.10 Å².